The van der Waals surface area contributed by atoms with Crippen molar-refractivity contribution in [2.45, 2.75) is 6.18 Å². The van der Waals surface area contributed by atoms with Gasteiger partial charge in [0, 0.05) is 5.69 Å². The van der Waals surface area contributed by atoms with E-state index in [2.05, 4.69) is 10.1 Å². The summed E-state index contributed by atoms with van der Waals surface area (Å²) in [4.78, 5) is 37.2. The van der Waals surface area contributed by atoms with Crippen LogP contribution in [0.3, 0.4) is 0 Å². The summed E-state index contributed by atoms with van der Waals surface area (Å²) in [5.74, 6) is -2.59. The summed E-state index contributed by atoms with van der Waals surface area (Å²) in [5.41, 5.74) is -1.33. The fraction of sp³-hybridized carbons (Fsp3) is 0.105. The number of hydrogen-bond acceptors (Lipinski definition) is 5. The third-order valence-corrected chi connectivity index (χ3v) is 4.79. The molecule has 3 rings (SSSR count). The Labute approximate surface area is 177 Å². The van der Waals surface area contributed by atoms with Gasteiger partial charge >= 0.3 is 12.1 Å². The molecule has 0 fully saturated rings. The minimum Gasteiger partial charge on any atom is -0.465 e. The highest BCUT2D eigenvalue weighted by Crippen LogP contribution is 2.38. The molecule has 0 unspecified atom stereocenters. The number of alkyl halides is 3. The summed E-state index contributed by atoms with van der Waals surface area (Å²) in [6, 6.07) is 7.94. The molecular formula is C19H11Cl2F3N2O4. The fourth-order valence-corrected chi connectivity index (χ4v) is 3.06. The molecule has 1 N–H and O–H groups in total. The zero-order chi connectivity index (χ0) is 22.2. The zero-order valence-electron chi connectivity index (χ0n) is 15.0. The molecule has 0 spiro atoms. The maximum Gasteiger partial charge on any atom is 0.416 e. The first kappa shape index (κ1) is 21.7. The summed E-state index contributed by atoms with van der Waals surface area (Å²) in [6.45, 7) is 0. The molecule has 0 saturated heterocycles. The standard InChI is InChI=1S/C19H11Cl2F3N2O4/c1-30-18(29)9-2-5-11(6-3-9)25-15-14(21)16(27)26(17(15)28)13-8-10(19(22,23)24)4-7-12(13)20/h2-8,25H,1H3. The predicted octanol–water partition coefficient (Wildman–Crippen LogP) is 4.58. The highest BCUT2D eigenvalue weighted by atomic mass is 35.5. The van der Waals surface area contributed by atoms with E-state index in [9.17, 15) is 27.6 Å². The van der Waals surface area contributed by atoms with Crippen molar-refractivity contribution in [1.29, 1.82) is 0 Å². The summed E-state index contributed by atoms with van der Waals surface area (Å²) in [6.07, 6.45) is -4.70. The minimum atomic E-state index is -4.70. The first-order chi connectivity index (χ1) is 14.0. The second kappa shape index (κ2) is 8.00. The van der Waals surface area contributed by atoms with Crippen molar-refractivity contribution in [3.63, 3.8) is 0 Å². The van der Waals surface area contributed by atoms with Crippen molar-refractivity contribution in [3.05, 3.63) is 69.3 Å². The van der Waals surface area contributed by atoms with Crippen molar-refractivity contribution in [2.24, 2.45) is 0 Å². The average molecular weight is 459 g/mol. The van der Waals surface area contributed by atoms with E-state index in [1.54, 1.807) is 0 Å². The largest absolute Gasteiger partial charge is 0.465 e. The van der Waals surface area contributed by atoms with Crippen LogP contribution in [0.1, 0.15) is 15.9 Å². The third-order valence-electron chi connectivity index (χ3n) is 4.12. The van der Waals surface area contributed by atoms with Gasteiger partial charge in [0.15, 0.2) is 0 Å². The van der Waals surface area contributed by atoms with Crippen LogP contribution in [0, 0.1) is 0 Å². The summed E-state index contributed by atoms with van der Waals surface area (Å²) in [5, 5.41) is 1.88. The average Bonchev–Trinajstić information content (AvgIpc) is 2.91. The van der Waals surface area contributed by atoms with E-state index >= 15 is 0 Å². The molecule has 6 nitrogen and oxygen atoms in total. The lowest BCUT2D eigenvalue weighted by molar-refractivity contribution is -0.137. The number of imide groups is 1. The van der Waals surface area contributed by atoms with E-state index < -0.39 is 40.2 Å². The first-order valence-corrected chi connectivity index (χ1v) is 8.91. The predicted molar refractivity (Wildman–Crippen MR) is 103 cm³/mol. The molecule has 2 aromatic carbocycles. The molecule has 0 aliphatic carbocycles. The van der Waals surface area contributed by atoms with Crippen LogP contribution in [0.15, 0.2) is 53.2 Å². The number of halogens is 5. The second-order valence-electron chi connectivity index (χ2n) is 5.99. The van der Waals surface area contributed by atoms with Crippen LogP contribution in [-0.4, -0.2) is 24.9 Å². The lowest BCUT2D eigenvalue weighted by Gasteiger charge is -2.18. The van der Waals surface area contributed by atoms with Crippen LogP contribution in [0.4, 0.5) is 24.5 Å². The number of esters is 1. The van der Waals surface area contributed by atoms with Crippen LogP contribution >= 0.6 is 23.2 Å². The van der Waals surface area contributed by atoms with Crippen LogP contribution < -0.4 is 10.2 Å². The molecule has 1 heterocycles. The van der Waals surface area contributed by atoms with Crippen molar-refractivity contribution >= 4 is 52.4 Å². The highest BCUT2D eigenvalue weighted by molar-refractivity contribution is 6.53. The molecule has 0 atom stereocenters. The molecule has 0 bridgehead atoms. The lowest BCUT2D eigenvalue weighted by atomic mass is 10.1. The monoisotopic (exact) mass is 458 g/mol. The van der Waals surface area contributed by atoms with Gasteiger partial charge in [0.05, 0.1) is 28.9 Å². The Morgan fingerprint density at radius 3 is 2.23 bits per heavy atom. The molecular weight excluding hydrogens is 448 g/mol. The zero-order valence-corrected chi connectivity index (χ0v) is 16.5. The van der Waals surface area contributed by atoms with Crippen LogP contribution in [0.5, 0.6) is 0 Å². The van der Waals surface area contributed by atoms with E-state index in [4.69, 9.17) is 23.2 Å². The van der Waals surface area contributed by atoms with Crippen LogP contribution in [0.2, 0.25) is 5.02 Å². The molecule has 11 heteroatoms. The van der Waals surface area contributed by atoms with Gasteiger partial charge in [-0.1, -0.05) is 23.2 Å². The van der Waals surface area contributed by atoms with Crippen molar-refractivity contribution < 1.29 is 32.3 Å². The third kappa shape index (κ3) is 3.99. The molecule has 0 aromatic heterocycles. The number of methoxy groups -OCH3 is 1. The van der Waals surface area contributed by atoms with Gasteiger partial charge < -0.3 is 10.1 Å². The van der Waals surface area contributed by atoms with E-state index in [0.717, 1.165) is 12.1 Å². The van der Waals surface area contributed by atoms with E-state index in [1.165, 1.54) is 31.4 Å². The van der Waals surface area contributed by atoms with Gasteiger partial charge in [-0.3, -0.25) is 9.59 Å². The Balaban J connectivity index is 1.91. The topological polar surface area (TPSA) is 75.7 Å². The summed E-state index contributed by atoms with van der Waals surface area (Å²) >= 11 is 11.9. The number of nitrogens with one attached hydrogen (secondary N) is 1. The molecule has 1 aliphatic heterocycles. The molecule has 2 aromatic rings. The van der Waals surface area contributed by atoms with E-state index in [0.29, 0.717) is 16.7 Å². The number of anilines is 2. The number of rotatable bonds is 4. The number of amides is 2. The highest BCUT2D eigenvalue weighted by Gasteiger charge is 2.41. The van der Waals surface area contributed by atoms with Crippen LogP contribution in [0.25, 0.3) is 0 Å². The molecule has 30 heavy (non-hydrogen) atoms. The van der Waals surface area contributed by atoms with Gasteiger partial charge in [0.1, 0.15) is 10.7 Å². The smallest absolute Gasteiger partial charge is 0.416 e. The summed E-state index contributed by atoms with van der Waals surface area (Å²) < 4.78 is 43.6. The van der Waals surface area contributed by atoms with Gasteiger partial charge in [0.25, 0.3) is 11.8 Å². The quantitative estimate of drug-likeness (QED) is 0.535. The van der Waals surface area contributed by atoms with Crippen LogP contribution in [-0.2, 0) is 20.5 Å². The number of carbonyl (C=O) groups excluding carboxylic acids is 3. The second-order valence-corrected chi connectivity index (χ2v) is 6.78. The van der Waals surface area contributed by atoms with Gasteiger partial charge in [-0.25, -0.2) is 9.69 Å². The normalized spacial score (nSPS) is 14.4. The number of nitrogens with zero attached hydrogens (tertiary/aromatic N) is 1. The number of hydrogen-bond donors (Lipinski definition) is 1. The molecule has 156 valence electrons. The Hall–Kier alpha value is -3.04. The molecule has 0 radical (unpaired) electrons. The molecule has 2 amide bonds. The Morgan fingerprint density at radius 1 is 1.03 bits per heavy atom. The van der Waals surface area contributed by atoms with Gasteiger partial charge in [-0.15, -0.1) is 0 Å². The maximum absolute atomic E-state index is 13.0. The van der Waals surface area contributed by atoms with Crippen molar-refractivity contribution in [3.8, 4) is 0 Å². The number of carbonyl (C=O) groups is 3. The molecule has 0 saturated carbocycles. The molecule has 1 aliphatic rings. The van der Waals surface area contributed by atoms with Crippen molar-refractivity contribution in [2.75, 3.05) is 17.3 Å². The maximum atomic E-state index is 13.0. The van der Waals surface area contributed by atoms with E-state index in [1.807, 2.05) is 0 Å². The Kier molecular flexibility index (Phi) is 5.78. The minimum absolute atomic E-state index is 0.238. The van der Waals surface area contributed by atoms with Gasteiger partial charge in [0.2, 0.25) is 0 Å². The fourth-order valence-electron chi connectivity index (χ4n) is 2.64. The number of benzene rings is 2. The SMILES string of the molecule is COC(=O)c1ccc(NC2=C(Cl)C(=O)N(c3cc(C(F)(F)F)ccc3Cl)C2=O)cc1. The Morgan fingerprint density at radius 2 is 1.67 bits per heavy atom. The number of ether oxygens (including phenoxy) is 1. The summed E-state index contributed by atoms with van der Waals surface area (Å²) in [7, 11) is 1.22. The van der Waals surface area contributed by atoms with Gasteiger partial charge in [-0.2, -0.15) is 13.2 Å². The van der Waals surface area contributed by atoms with E-state index in [-0.39, 0.29) is 16.3 Å². The first-order valence-electron chi connectivity index (χ1n) is 8.15. The van der Waals surface area contributed by atoms with Crippen molar-refractivity contribution in [1.82, 2.24) is 0 Å². The lowest BCUT2D eigenvalue weighted by Crippen LogP contribution is -2.32. The Bertz CT molecular complexity index is 1080. The van der Waals surface area contributed by atoms with Gasteiger partial charge in [-0.05, 0) is 42.5 Å².